The standard InChI is InChI=1S/C23H19N5O2/c29-16-7-3-5-14(11-16)13-24-23(30)15-6-4-10-19-20(12-15)26-22(25-19)21-17-8-1-2-9-18(17)27-28-21/h1-5,7-12,29H,6,13H2,(H,24,30)(H,25,26)(H,27,28). The predicted molar refractivity (Wildman–Crippen MR) is 115 cm³/mol. The van der Waals surface area contributed by atoms with Crippen LogP contribution in [0.4, 0.5) is 0 Å². The molecule has 1 amide bonds. The minimum atomic E-state index is -0.155. The lowest BCUT2D eigenvalue weighted by Crippen LogP contribution is -2.24. The summed E-state index contributed by atoms with van der Waals surface area (Å²) in [4.78, 5) is 20.7. The van der Waals surface area contributed by atoms with Crippen LogP contribution in [0.5, 0.6) is 5.75 Å². The number of carbonyl (C=O) groups is 1. The van der Waals surface area contributed by atoms with Crippen molar-refractivity contribution in [2.75, 3.05) is 0 Å². The zero-order chi connectivity index (χ0) is 20.5. The normalized spacial score (nSPS) is 13.0. The van der Waals surface area contributed by atoms with Gasteiger partial charge < -0.3 is 15.4 Å². The summed E-state index contributed by atoms with van der Waals surface area (Å²) in [5.41, 5.74) is 4.70. The van der Waals surface area contributed by atoms with Crippen LogP contribution in [0.3, 0.4) is 0 Å². The number of phenolic OH excluding ortho intramolecular Hbond substituents is 1. The maximum absolute atomic E-state index is 12.7. The van der Waals surface area contributed by atoms with E-state index in [2.05, 4.69) is 25.5 Å². The Balaban J connectivity index is 1.40. The Hall–Kier alpha value is -4.13. The lowest BCUT2D eigenvalue weighted by molar-refractivity contribution is -0.117. The van der Waals surface area contributed by atoms with Gasteiger partial charge in [0.05, 0.1) is 16.9 Å². The summed E-state index contributed by atoms with van der Waals surface area (Å²) in [5, 5.41) is 20.9. The van der Waals surface area contributed by atoms with Gasteiger partial charge in [-0.25, -0.2) is 4.98 Å². The third-order valence-electron chi connectivity index (χ3n) is 5.04. The average molecular weight is 397 g/mol. The Labute approximate surface area is 172 Å². The number of rotatable bonds is 4. The third-order valence-corrected chi connectivity index (χ3v) is 5.04. The second kappa shape index (κ2) is 7.36. The van der Waals surface area contributed by atoms with Gasteiger partial charge in [0, 0.05) is 17.5 Å². The fraction of sp³-hybridized carbons (Fsp3) is 0.0870. The Morgan fingerprint density at radius 3 is 2.97 bits per heavy atom. The fourth-order valence-electron chi connectivity index (χ4n) is 3.54. The van der Waals surface area contributed by atoms with Crippen molar-refractivity contribution in [2.45, 2.75) is 13.0 Å². The van der Waals surface area contributed by atoms with E-state index in [1.165, 1.54) is 0 Å². The van der Waals surface area contributed by atoms with Gasteiger partial charge >= 0.3 is 0 Å². The number of nitrogens with zero attached hydrogens (tertiary/aromatic N) is 2. The number of para-hydroxylation sites is 1. The highest BCUT2D eigenvalue weighted by atomic mass is 16.3. The van der Waals surface area contributed by atoms with Crippen molar-refractivity contribution in [3.8, 4) is 17.3 Å². The molecule has 5 rings (SSSR count). The van der Waals surface area contributed by atoms with Crippen LogP contribution >= 0.6 is 0 Å². The van der Waals surface area contributed by atoms with Crippen LogP contribution in [0.2, 0.25) is 0 Å². The highest BCUT2D eigenvalue weighted by molar-refractivity contribution is 5.99. The first kappa shape index (κ1) is 17.9. The fourth-order valence-corrected chi connectivity index (χ4v) is 3.54. The first-order valence-corrected chi connectivity index (χ1v) is 9.64. The Morgan fingerprint density at radius 2 is 2.07 bits per heavy atom. The number of nitrogens with one attached hydrogen (secondary N) is 3. The number of aromatic hydroxyl groups is 1. The lowest BCUT2D eigenvalue weighted by atomic mass is 10.1. The second-order valence-electron chi connectivity index (χ2n) is 7.13. The van der Waals surface area contributed by atoms with E-state index in [-0.39, 0.29) is 11.7 Å². The van der Waals surface area contributed by atoms with E-state index in [0.717, 1.165) is 33.5 Å². The molecule has 0 fully saturated rings. The molecule has 0 unspecified atom stereocenters. The van der Waals surface area contributed by atoms with Gasteiger partial charge in [-0.1, -0.05) is 36.4 Å². The van der Waals surface area contributed by atoms with E-state index in [0.29, 0.717) is 24.4 Å². The number of H-pyrrole nitrogens is 2. The number of aromatic amines is 2. The van der Waals surface area contributed by atoms with Gasteiger partial charge in [-0.2, -0.15) is 5.10 Å². The van der Waals surface area contributed by atoms with Crippen LogP contribution in [0.25, 0.3) is 34.6 Å². The summed E-state index contributed by atoms with van der Waals surface area (Å²) >= 11 is 0. The molecule has 0 saturated carbocycles. The Bertz CT molecular complexity index is 1310. The molecule has 0 radical (unpaired) electrons. The minimum Gasteiger partial charge on any atom is -0.508 e. The number of imidazole rings is 1. The maximum Gasteiger partial charge on any atom is 0.247 e. The average Bonchev–Trinajstić information content (AvgIpc) is 3.30. The number of hydrogen-bond acceptors (Lipinski definition) is 4. The van der Waals surface area contributed by atoms with Gasteiger partial charge in [-0.3, -0.25) is 9.89 Å². The molecular weight excluding hydrogens is 378 g/mol. The molecule has 0 atom stereocenters. The number of carbonyl (C=O) groups excluding carboxylic acids is 1. The molecule has 4 aromatic rings. The van der Waals surface area contributed by atoms with Crippen molar-refractivity contribution in [1.82, 2.24) is 25.5 Å². The number of allylic oxidation sites excluding steroid dienone is 1. The molecule has 2 aromatic carbocycles. The Kier molecular flexibility index (Phi) is 4.40. The summed E-state index contributed by atoms with van der Waals surface area (Å²) in [5.74, 6) is 0.677. The Morgan fingerprint density at radius 1 is 1.17 bits per heavy atom. The first-order chi connectivity index (χ1) is 14.7. The summed E-state index contributed by atoms with van der Waals surface area (Å²) < 4.78 is 0. The predicted octanol–water partition coefficient (Wildman–Crippen LogP) is 3.78. The highest BCUT2D eigenvalue weighted by Crippen LogP contribution is 2.27. The molecule has 0 bridgehead atoms. The molecule has 0 saturated heterocycles. The number of aromatic nitrogens is 4. The number of amides is 1. The summed E-state index contributed by atoms with van der Waals surface area (Å²) in [6.45, 7) is 0.342. The SMILES string of the molecule is O=C(NCc1cccc(O)c1)C1=Cc2[nH]c(-c3n[nH]c4ccccc34)nc2C=CC1. The zero-order valence-electron chi connectivity index (χ0n) is 16.0. The highest BCUT2D eigenvalue weighted by Gasteiger charge is 2.17. The summed E-state index contributed by atoms with van der Waals surface area (Å²) in [6.07, 6.45) is 6.18. The van der Waals surface area contributed by atoms with E-state index in [9.17, 15) is 9.90 Å². The molecule has 2 heterocycles. The molecular formula is C23H19N5O2. The molecule has 1 aliphatic carbocycles. The molecule has 7 heteroatoms. The van der Waals surface area contributed by atoms with Gasteiger partial charge in [-0.15, -0.1) is 0 Å². The van der Waals surface area contributed by atoms with E-state index in [4.69, 9.17) is 0 Å². The smallest absolute Gasteiger partial charge is 0.247 e. The molecule has 2 aromatic heterocycles. The van der Waals surface area contributed by atoms with Crippen molar-refractivity contribution in [2.24, 2.45) is 0 Å². The molecule has 148 valence electrons. The van der Waals surface area contributed by atoms with Crippen LogP contribution in [0.1, 0.15) is 23.4 Å². The van der Waals surface area contributed by atoms with Crippen LogP contribution < -0.4 is 5.32 Å². The largest absolute Gasteiger partial charge is 0.508 e. The van der Waals surface area contributed by atoms with Gasteiger partial charge in [0.25, 0.3) is 0 Å². The van der Waals surface area contributed by atoms with Gasteiger partial charge in [0.2, 0.25) is 5.91 Å². The molecule has 1 aliphatic rings. The number of benzene rings is 2. The van der Waals surface area contributed by atoms with E-state index < -0.39 is 0 Å². The molecule has 0 spiro atoms. The summed E-state index contributed by atoms with van der Waals surface area (Å²) in [7, 11) is 0. The lowest BCUT2D eigenvalue weighted by Gasteiger charge is -2.07. The van der Waals surface area contributed by atoms with Crippen LogP contribution in [0, 0.1) is 0 Å². The van der Waals surface area contributed by atoms with E-state index in [1.54, 1.807) is 18.2 Å². The van der Waals surface area contributed by atoms with E-state index >= 15 is 0 Å². The van der Waals surface area contributed by atoms with Gasteiger partial charge in [0.1, 0.15) is 11.4 Å². The van der Waals surface area contributed by atoms with Crippen molar-refractivity contribution in [3.63, 3.8) is 0 Å². The zero-order valence-corrected chi connectivity index (χ0v) is 16.0. The molecule has 4 N–H and O–H groups in total. The number of hydrogen-bond donors (Lipinski definition) is 4. The van der Waals surface area contributed by atoms with Gasteiger partial charge in [-0.05, 0) is 42.3 Å². The minimum absolute atomic E-state index is 0.155. The number of fused-ring (bicyclic) bond motifs is 2. The van der Waals surface area contributed by atoms with Crippen molar-refractivity contribution < 1.29 is 9.90 Å². The molecule has 7 nitrogen and oxygen atoms in total. The molecule has 0 aliphatic heterocycles. The van der Waals surface area contributed by atoms with Crippen LogP contribution in [0.15, 0.2) is 60.2 Å². The van der Waals surface area contributed by atoms with Crippen molar-refractivity contribution >= 4 is 29.0 Å². The molecule has 30 heavy (non-hydrogen) atoms. The topological polar surface area (TPSA) is 107 Å². The van der Waals surface area contributed by atoms with Crippen LogP contribution in [-0.2, 0) is 11.3 Å². The monoisotopic (exact) mass is 397 g/mol. The second-order valence-corrected chi connectivity index (χ2v) is 7.13. The maximum atomic E-state index is 12.7. The van der Waals surface area contributed by atoms with Crippen LogP contribution in [-0.4, -0.2) is 31.2 Å². The summed E-state index contributed by atoms with van der Waals surface area (Å²) in [6, 6.07) is 14.7. The number of phenols is 1. The van der Waals surface area contributed by atoms with E-state index in [1.807, 2.05) is 48.6 Å². The quantitative estimate of drug-likeness (QED) is 0.420. The van der Waals surface area contributed by atoms with Gasteiger partial charge in [0.15, 0.2) is 5.82 Å². The third kappa shape index (κ3) is 3.37. The first-order valence-electron chi connectivity index (χ1n) is 9.64. The van der Waals surface area contributed by atoms with Crippen molar-refractivity contribution in [1.29, 1.82) is 0 Å². The van der Waals surface area contributed by atoms with Crippen molar-refractivity contribution in [3.05, 3.63) is 77.1 Å².